The lowest BCUT2D eigenvalue weighted by Crippen LogP contribution is -2.38. The fourth-order valence-corrected chi connectivity index (χ4v) is 5.23. The molecule has 2 amide bonds. The Morgan fingerprint density at radius 2 is 1.71 bits per heavy atom. The van der Waals surface area contributed by atoms with Gasteiger partial charge in [-0.2, -0.15) is 0 Å². The van der Waals surface area contributed by atoms with E-state index in [1.54, 1.807) is 42.5 Å². The highest BCUT2D eigenvalue weighted by molar-refractivity contribution is 7.93. The molecule has 2 N–H and O–H groups in total. The average Bonchev–Trinajstić information content (AvgIpc) is 2.96. The first-order valence-corrected chi connectivity index (χ1v) is 11.4. The largest absolute Gasteiger partial charge is 0.350 e. The van der Waals surface area contributed by atoms with Gasteiger partial charge in [0.05, 0.1) is 10.6 Å². The third kappa shape index (κ3) is 3.98. The van der Waals surface area contributed by atoms with Crippen molar-refractivity contribution in [1.82, 2.24) is 5.32 Å². The van der Waals surface area contributed by atoms with E-state index in [9.17, 15) is 18.0 Å². The zero-order chi connectivity index (χ0) is 22.2. The van der Waals surface area contributed by atoms with Crippen LogP contribution in [0.2, 0.25) is 0 Å². The van der Waals surface area contributed by atoms with Crippen molar-refractivity contribution >= 4 is 44.0 Å². The summed E-state index contributed by atoms with van der Waals surface area (Å²) < 4.78 is 27.1. The van der Waals surface area contributed by atoms with Crippen molar-refractivity contribution in [3.63, 3.8) is 0 Å². The van der Waals surface area contributed by atoms with E-state index in [-0.39, 0.29) is 29.8 Å². The summed E-state index contributed by atoms with van der Waals surface area (Å²) >= 11 is 0. The van der Waals surface area contributed by atoms with Gasteiger partial charge in [0.15, 0.2) is 0 Å². The van der Waals surface area contributed by atoms with E-state index in [4.69, 9.17) is 0 Å². The number of amides is 2. The molecule has 7 nitrogen and oxygen atoms in total. The van der Waals surface area contributed by atoms with Crippen LogP contribution in [0.1, 0.15) is 19.4 Å². The van der Waals surface area contributed by atoms with Crippen LogP contribution >= 0.6 is 0 Å². The van der Waals surface area contributed by atoms with E-state index in [1.807, 2.05) is 32.0 Å². The standard InChI is InChI=1S/C23H23N3O4S/c1-15(2)23(28)25-18-9-3-6-16(12-18)13-24-21(27)14-26-19-10-4-7-17-8-5-11-20(22(17)19)31(26,29)30/h3-12,15H,13-14H2,1-2H3,(H,24,27)(H,25,28). The molecule has 1 aliphatic heterocycles. The number of nitrogens with one attached hydrogen (secondary N) is 2. The van der Waals surface area contributed by atoms with Crippen molar-refractivity contribution in [1.29, 1.82) is 0 Å². The van der Waals surface area contributed by atoms with Gasteiger partial charge in [-0.3, -0.25) is 13.9 Å². The van der Waals surface area contributed by atoms with Crippen LogP contribution in [0, 0.1) is 5.92 Å². The van der Waals surface area contributed by atoms with Gasteiger partial charge in [0.25, 0.3) is 10.0 Å². The fourth-order valence-electron chi connectivity index (χ4n) is 3.56. The first kappa shape index (κ1) is 20.9. The second-order valence-electron chi connectivity index (χ2n) is 7.76. The summed E-state index contributed by atoms with van der Waals surface area (Å²) in [6, 6.07) is 17.6. The molecule has 0 aliphatic carbocycles. The highest BCUT2D eigenvalue weighted by Gasteiger charge is 2.36. The van der Waals surface area contributed by atoms with E-state index < -0.39 is 15.9 Å². The number of sulfonamides is 1. The second kappa shape index (κ2) is 8.03. The summed E-state index contributed by atoms with van der Waals surface area (Å²) in [4.78, 5) is 24.7. The lowest BCUT2D eigenvalue weighted by molar-refractivity contribution is -0.120. The summed E-state index contributed by atoms with van der Waals surface area (Å²) in [5, 5.41) is 7.05. The maximum Gasteiger partial charge on any atom is 0.265 e. The Morgan fingerprint density at radius 3 is 2.45 bits per heavy atom. The third-order valence-electron chi connectivity index (χ3n) is 5.18. The molecular formula is C23H23N3O4S. The summed E-state index contributed by atoms with van der Waals surface area (Å²) in [6.45, 7) is 3.53. The Kier molecular flexibility index (Phi) is 5.41. The van der Waals surface area contributed by atoms with E-state index in [0.29, 0.717) is 16.8 Å². The van der Waals surface area contributed by atoms with Crippen LogP contribution in [-0.2, 0) is 26.2 Å². The molecule has 8 heteroatoms. The highest BCUT2D eigenvalue weighted by Crippen LogP contribution is 2.41. The number of hydrogen-bond donors (Lipinski definition) is 2. The van der Waals surface area contributed by atoms with Crippen molar-refractivity contribution in [2.45, 2.75) is 25.3 Å². The quantitative estimate of drug-likeness (QED) is 0.619. The average molecular weight is 438 g/mol. The molecule has 1 aliphatic rings. The monoisotopic (exact) mass is 437 g/mol. The van der Waals surface area contributed by atoms with Gasteiger partial charge in [0.2, 0.25) is 11.8 Å². The van der Waals surface area contributed by atoms with Crippen molar-refractivity contribution in [2.24, 2.45) is 5.92 Å². The Morgan fingerprint density at radius 1 is 1.00 bits per heavy atom. The van der Waals surface area contributed by atoms with Crippen molar-refractivity contribution in [3.05, 3.63) is 66.2 Å². The fraction of sp³-hybridized carbons (Fsp3) is 0.217. The summed E-state index contributed by atoms with van der Waals surface area (Å²) in [6.07, 6.45) is 0. The molecule has 0 saturated heterocycles. The highest BCUT2D eigenvalue weighted by atomic mass is 32.2. The molecule has 0 unspecified atom stereocenters. The van der Waals surface area contributed by atoms with Crippen LogP contribution in [0.15, 0.2) is 65.6 Å². The van der Waals surface area contributed by atoms with E-state index in [0.717, 1.165) is 15.3 Å². The van der Waals surface area contributed by atoms with Crippen LogP contribution in [0.3, 0.4) is 0 Å². The van der Waals surface area contributed by atoms with Gasteiger partial charge in [0.1, 0.15) is 6.54 Å². The van der Waals surface area contributed by atoms with Gasteiger partial charge < -0.3 is 10.6 Å². The zero-order valence-corrected chi connectivity index (χ0v) is 18.1. The van der Waals surface area contributed by atoms with Gasteiger partial charge in [-0.05, 0) is 35.2 Å². The van der Waals surface area contributed by atoms with Crippen molar-refractivity contribution in [3.8, 4) is 0 Å². The predicted octanol–water partition coefficient (Wildman–Crippen LogP) is 3.26. The summed E-state index contributed by atoms with van der Waals surface area (Å²) in [5.74, 6) is -0.640. The molecule has 4 rings (SSSR count). The molecule has 0 fully saturated rings. The molecule has 0 aromatic heterocycles. The molecule has 3 aromatic carbocycles. The Balaban J connectivity index is 1.46. The number of nitrogens with zero attached hydrogens (tertiary/aromatic N) is 1. The van der Waals surface area contributed by atoms with Gasteiger partial charge in [0, 0.05) is 23.5 Å². The van der Waals surface area contributed by atoms with Crippen LogP contribution in [0.5, 0.6) is 0 Å². The van der Waals surface area contributed by atoms with Crippen LogP contribution < -0.4 is 14.9 Å². The van der Waals surface area contributed by atoms with Crippen molar-refractivity contribution < 1.29 is 18.0 Å². The molecule has 0 atom stereocenters. The number of benzene rings is 3. The Bertz CT molecular complexity index is 1280. The summed E-state index contributed by atoms with van der Waals surface area (Å²) in [5.41, 5.74) is 1.96. The third-order valence-corrected chi connectivity index (χ3v) is 6.98. The Labute approximate surface area is 181 Å². The molecule has 0 saturated carbocycles. The number of carbonyl (C=O) groups excluding carboxylic acids is 2. The van der Waals surface area contributed by atoms with Gasteiger partial charge in [-0.15, -0.1) is 0 Å². The maximum absolute atomic E-state index is 13.0. The first-order chi connectivity index (χ1) is 14.8. The predicted molar refractivity (Wildman–Crippen MR) is 120 cm³/mol. The van der Waals surface area contributed by atoms with E-state index in [1.165, 1.54) is 0 Å². The smallest absolute Gasteiger partial charge is 0.265 e. The molecule has 3 aromatic rings. The van der Waals surface area contributed by atoms with Crippen LogP contribution in [-0.4, -0.2) is 26.8 Å². The second-order valence-corrected chi connectivity index (χ2v) is 9.59. The van der Waals surface area contributed by atoms with E-state index in [2.05, 4.69) is 10.6 Å². The molecule has 0 radical (unpaired) electrons. The minimum Gasteiger partial charge on any atom is -0.350 e. The number of carbonyl (C=O) groups is 2. The van der Waals surface area contributed by atoms with E-state index >= 15 is 0 Å². The van der Waals surface area contributed by atoms with Crippen LogP contribution in [0.25, 0.3) is 10.8 Å². The maximum atomic E-state index is 13.0. The molecular weight excluding hydrogens is 414 g/mol. The molecule has 31 heavy (non-hydrogen) atoms. The molecule has 1 heterocycles. The van der Waals surface area contributed by atoms with Gasteiger partial charge >= 0.3 is 0 Å². The van der Waals surface area contributed by atoms with Gasteiger partial charge in [-0.1, -0.05) is 50.2 Å². The minimum absolute atomic E-state index is 0.0887. The lowest BCUT2D eigenvalue weighted by atomic mass is 10.1. The first-order valence-electron chi connectivity index (χ1n) is 9.98. The van der Waals surface area contributed by atoms with Gasteiger partial charge in [-0.25, -0.2) is 8.42 Å². The number of hydrogen-bond acceptors (Lipinski definition) is 4. The van der Waals surface area contributed by atoms with Crippen LogP contribution in [0.4, 0.5) is 11.4 Å². The molecule has 0 spiro atoms. The minimum atomic E-state index is -3.78. The molecule has 160 valence electrons. The Hall–Kier alpha value is -3.39. The number of anilines is 2. The number of rotatable bonds is 6. The topological polar surface area (TPSA) is 95.6 Å². The normalized spacial score (nSPS) is 14.1. The summed E-state index contributed by atoms with van der Waals surface area (Å²) in [7, 11) is -3.78. The lowest BCUT2D eigenvalue weighted by Gasteiger charge is -2.18. The zero-order valence-electron chi connectivity index (χ0n) is 17.3. The van der Waals surface area contributed by atoms with Crippen molar-refractivity contribution in [2.75, 3.05) is 16.2 Å². The molecule has 0 bridgehead atoms. The SMILES string of the molecule is CC(C)C(=O)Nc1cccc(CNC(=O)CN2c3cccc4cccc(c34)S2(=O)=O)c1.